The van der Waals surface area contributed by atoms with Crippen LogP contribution in [0.15, 0.2) is 47.4 Å². The van der Waals surface area contributed by atoms with Gasteiger partial charge in [0.25, 0.3) is 0 Å². The molecule has 160 valence electrons. The van der Waals surface area contributed by atoms with Crippen LogP contribution in [0.5, 0.6) is 0 Å². The van der Waals surface area contributed by atoms with Crippen molar-refractivity contribution >= 4 is 45.8 Å². The zero-order valence-electron chi connectivity index (χ0n) is 17.2. The summed E-state index contributed by atoms with van der Waals surface area (Å²) in [5.74, 6) is -0.341. The minimum absolute atomic E-state index is 0.0450. The Labute approximate surface area is 182 Å². The van der Waals surface area contributed by atoms with Crippen LogP contribution < -0.4 is 15.9 Å². The molecule has 10 heteroatoms. The van der Waals surface area contributed by atoms with E-state index in [4.69, 9.17) is 26.0 Å². The Morgan fingerprint density at radius 1 is 1.10 bits per heavy atom. The highest BCUT2D eigenvalue weighted by molar-refractivity contribution is 7.89. The fourth-order valence-electron chi connectivity index (χ4n) is 3.04. The minimum atomic E-state index is -4.10. The Kier molecular flexibility index (Phi) is 6.05. The summed E-state index contributed by atoms with van der Waals surface area (Å²) in [5, 5.41) is 8.60. The van der Waals surface area contributed by atoms with Crippen molar-refractivity contribution in [1.82, 2.24) is 0 Å². The molecule has 1 heterocycles. The topological polar surface area (TPSA) is 108 Å². The lowest BCUT2D eigenvalue weighted by Gasteiger charge is -2.32. The first-order valence-electron chi connectivity index (χ1n) is 9.36. The number of anilines is 1. The van der Waals surface area contributed by atoms with Crippen LogP contribution in [-0.2, 0) is 30.5 Å². The Morgan fingerprint density at radius 3 is 2.27 bits per heavy atom. The second-order valence-corrected chi connectivity index (χ2v) is 10.1. The van der Waals surface area contributed by atoms with E-state index < -0.39 is 28.3 Å². The average molecular weight is 451 g/mol. The van der Waals surface area contributed by atoms with Crippen LogP contribution in [0.25, 0.3) is 0 Å². The molecular weight excluding hydrogens is 427 g/mol. The molecule has 2 aromatic rings. The SMILES string of the molecule is CC1(C)OB(c2ccc(NC(=O)Cc3ccccc3Cl)cc2S(N)(=O)=O)OC1(C)C. The molecule has 0 unspecified atom stereocenters. The molecule has 1 aliphatic rings. The van der Waals surface area contributed by atoms with Crippen molar-refractivity contribution < 1.29 is 22.5 Å². The zero-order valence-corrected chi connectivity index (χ0v) is 18.8. The third-order valence-electron chi connectivity index (χ3n) is 5.42. The summed E-state index contributed by atoms with van der Waals surface area (Å²) in [6, 6.07) is 11.4. The molecule has 1 saturated heterocycles. The third kappa shape index (κ3) is 4.71. The molecule has 1 fully saturated rings. The Bertz CT molecular complexity index is 1070. The molecule has 0 aliphatic carbocycles. The van der Waals surface area contributed by atoms with Gasteiger partial charge in [0, 0.05) is 16.2 Å². The smallest absolute Gasteiger partial charge is 0.399 e. The van der Waals surface area contributed by atoms with Crippen LogP contribution in [-0.4, -0.2) is 32.6 Å². The van der Waals surface area contributed by atoms with Crippen LogP contribution in [0.3, 0.4) is 0 Å². The molecule has 0 aromatic heterocycles. The zero-order chi connectivity index (χ0) is 22.3. The Balaban J connectivity index is 1.87. The molecule has 7 nitrogen and oxygen atoms in total. The maximum Gasteiger partial charge on any atom is 0.496 e. The van der Waals surface area contributed by atoms with Gasteiger partial charge in [-0.05, 0) is 51.5 Å². The monoisotopic (exact) mass is 450 g/mol. The number of amides is 1. The van der Waals surface area contributed by atoms with Gasteiger partial charge < -0.3 is 14.6 Å². The highest BCUT2D eigenvalue weighted by Gasteiger charge is 2.52. The number of hydrogen-bond acceptors (Lipinski definition) is 5. The maximum atomic E-state index is 12.4. The first kappa shape index (κ1) is 22.8. The van der Waals surface area contributed by atoms with Gasteiger partial charge in [0.05, 0.1) is 22.5 Å². The van der Waals surface area contributed by atoms with E-state index in [1.165, 1.54) is 12.1 Å². The standard InChI is InChI=1S/C20H24BClN2O5S/c1-19(2)20(3,4)29-21(28-19)15-10-9-14(12-17(15)30(23,26)27)24-18(25)11-13-7-5-6-8-16(13)22/h5-10,12H,11H2,1-4H3,(H,24,25)(H2,23,26,27). The number of sulfonamides is 1. The lowest BCUT2D eigenvalue weighted by Crippen LogP contribution is -2.41. The van der Waals surface area contributed by atoms with Gasteiger partial charge in [0.15, 0.2) is 0 Å². The van der Waals surface area contributed by atoms with Gasteiger partial charge in [0.2, 0.25) is 15.9 Å². The number of nitrogens with two attached hydrogens (primary N) is 1. The fourth-order valence-corrected chi connectivity index (χ4v) is 4.03. The van der Waals surface area contributed by atoms with Gasteiger partial charge in [0.1, 0.15) is 0 Å². The van der Waals surface area contributed by atoms with E-state index in [0.29, 0.717) is 10.6 Å². The van der Waals surface area contributed by atoms with Gasteiger partial charge in [-0.3, -0.25) is 4.79 Å². The first-order valence-corrected chi connectivity index (χ1v) is 11.3. The number of rotatable bonds is 5. The summed E-state index contributed by atoms with van der Waals surface area (Å²) in [6.07, 6.45) is 0.0450. The van der Waals surface area contributed by atoms with Crippen LogP contribution in [0.2, 0.25) is 5.02 Å². The molecule has 2 aromatic carbocycles. The van der Waals surface area contributed by atoms with Crippen molar-refractivity contribution in [2.75, 3.05) is 5.32 Å². The van der Waals surface area contributed by atoms with Crippen molar-refractivity contribution in [2.45, 2.75) is 50.2 Å². The van der Waals surface area contributed by atoms with Gasteiger partial charge in [-0.25, -0.2) is 13.6 Å². The molecule has 3 rings (SSSR count). The number of nitrogens with one attached hydrogen (secondary N) is 1. The fraction of sp³-hybridized carbons (Fsp3) is 0.350. The van der Waals surface area contributed by atoms with Gasteiger partial charge in [-0.2, -0.15) is 0 Å². The average Bonchev–Trinajstić information content (AvgIpc) is 2.83. The van der Waals surface area contributed by atoms with E-state index in [-0.39, 0.29) is 28.4 Å². The lowest BCUT2D eigenvalue weighted by molar-refractivity contribution is -0.115. The lowest BCUT2D eigenvalue weighted by atomic mass is 9.79. The first-order chi connectivity index (χ1) is 13.8. The molecule has 30 heavy (non-hydrogen) atoms. The summed E-state index contributed by atoms with van der Waals surface area (Å²) in [6.45, 7) is 7.47. The number of benzene rings is 2. The predicted molar refractivity (Wildman–Crippen MR) is 117 cm³/mol. The summed E-state index contributed by atoms with van der Waals surface area (Å²) < 4.78 is 36.4. The van der Waals surface area contributed by atoms with E-state index in [1.54, 1.807) is 30.3 Å². The third-order valence-corrected chi connectivity index (χ3v) is 6.76. The molecule has 3 N–H and O–H groups in total. The quantitative estimate of drug-likeness (QED) is 0.680. The number of carbonyl (C=O) groups excluding carboxylic acids is 1. The van der Waals surface area contributed by atoms with E-state index in [0.717, 1.165) is 0 Å². The Morgan fingerprint density at radius 2 is 1.70 bits per heavy atom. The molecule has 1 amide bonds. The van der Waals surface area contributed by atoms with Crippen molar-refractivity contribution in [3.8, 4) is 0 Å². The van der Waals surface area contributed by atoms with E-state index in [9.17, 15) is 13.2 Å². The largest absolute Gasteiger partial charge is 0.496 e. The van der Waals surface area contributed by atoms with Crippen LogP contribution in [0.4, 0.5) is 5.69 Å². The molecule has 0 spiro atoms. The van der Waals surface area contributed by atoms with Gasteiger partial charge >= 0.3 is 7.12 Å². The highest BCUT2D eigenvalue weighted by atomic mass is 35.5. The van der Waals surface area contributed by atoms with Crippen molar-refractivity contribution in [3.05, 3.63) is 53.1 Å². The molecule has 0 saturated carbocycles. The van der Waals surface area contributed by atoms with Crippen molar-refractivity contribution in [1.29, 1.82) is 0 Å². The Hall–Kier alpha value is -1.91. The minimum Gasteiger partial charge on any atom is -0.399 e. The normalized spacial score (nSPS) is 17.7. The van der Waals surface area contributed by atoms with Crippen molar-refractivity contribution in [2.24, 2.45) is 5.14 Å². The number of carbonyl (C=O) groups is 1. The summed E-state index contributed by atoms with van der Waals surface area (Å²) >= 11 is 6.09. The number of hydrogen-bond donors (Lipinski definition) is 2. The van der Waals surface area contributed by atoms with Gasteiger partial charge in [-0.1, -0.05) is 35.9 Å². The summed E-state index contributed by atoms with van der Waals surface area (Å²) in [7, 11) is -5.01. The molecule has 0 atom stereocenters. The molecule has 0 radical (unpaired) electrons. The van der Waals surface area contributed by atoms with Gasteiger partial charge in [-0.15, -0.1) is 0 Å². The number of halogens is 1. The van der Waals surface area contributed by atoms with E-state index in [2.05, 4.69) is 5.32 Å². The van der Waals surface area contributed by atoms with Crippen molar-refractivity contribution in [3.63, 3.8) is 0 Å². The van der Waals surface area contributed by atoms with Crippen LogP contribution in [0, 0.1) is 0 Å². The maximum absolute atomic E-state index is 12.4. The van der Waals surface area contributed by atoms with Crippen LogP contribution in [0.1, 0.15) is 33.3 Å². The van der Waals surface area contributed by atoms with E-state index in [1.807, 2.05) is 27.7 Å². The molecule has 1 aliphatic heterocycles. The second kappa shape index (κ2) is 7.98. The highest BCUT2D eigenvalue weighted by Crippen LogP contribution is 2.37. The van der Waals surface area contributed by atoms with E-state index >= 15 is 0 Å². The second-order valence-electron chi connectivity index (χ2n) is 8.20. The number of primary sulfonamides is 1. The summed E-state index contributed by atoms with van der Waals surface area (Å²) in [5.41, 5.74) is -0.0571. The van der Waals surface area contributed by atoms with Crippen LogP contribution >= 0.6 is 11.6 Å². The molecular formula is C20H24BClN2O5S. The predicted octanol–water partition coefficient (Wildman–Crippen LogP) is 2.47. The summed E-state index contributed by atoms with van der Waals surface area (Å²) in [4.78, 5) is 12.2. The molecule has 0 bridgehead atoms.